The van der Waals surface area contributed by atoms with Crippen molar-refractivity contribution in [3.8, 4) is 0 Å². The zero-order chi connectivity index (χ0) is 6.15. The van der Waals surface area contributed by atoms with Gasteiger partial charge in [0.25, 0.3) is 0 Å². The minimum absolute atomic E-state index is 0.0556. The van der Waals surface area contributed by atoms with Crippen LogP contribution >= 0.6 is 0 Å². The van der Waals surface area contributed by atoms with Crippen molar-refractivity contribution in [1.29, 1.82) is 0 Å². The van der Waals surface area contributed by atoms with E-state index in [-0.39, 0.29) is 18.7 Å². The van der Waals surface area contributed by atoms with Crippen LogP contribution in [-0.2, 0) is 4.79 Å². The molecule has 0 radical (unpaired) electrons. The summed E-state index contributed by atoms with van der Waals surface area (Å²) in [7, 11) is 0. The topological polar surface area (TPSA) is 40.5 Å². The molecule has 46 valence electrons. The number of aliphatic hydroxyl groups excluding tert-OH is 1. The van der Waals surface area contributed by atoms with Gasteiger partial charge in [-0.05, 0) is 6.92 Å². The lowest BCUT2D eigenvalue weighted by atomic mass is 10.1. The van der Waals surface area contributed by atoms with Crippen LogP contribution < -0.4 is 0 Å². The lowest BCUT2D eigenvalue weighted by Gasteiger charge is -2.36. The van der Waals surface area contributed by atoms with Gasteiger partial charge in [0.1, 0.15) is 6.73 Å². The number of hydrogen-bond donors (Lipinski definition) is 1. The summed E-state index contributed by atoms with van der Waals surface area (Å²) in [5, 5.41) is 8.43. The van der Waals surface area contributed by atoms with Gasteiger partial charge in [0.15, 0.2) is 0 Å². The van der Waals surface area contributed by atoms with Gasteiger partial charge in [-0.15, -0.1) is 0 Å². The van der Waals surface area contributed by atoms with Crippen LogP contribution in [0.1, 0.15) is 13.3 Å². The molecule has 0 spiro atoms. The van der Waals surface area contributed by atoms with Gasteiger partial charge in [0.2, 0.25) is 5.91 Å². The molecule has 0 aromatic carbocycles. The highest BCUT2D eigenvalue weighted by Gasteiger charge is 2.30. The van der Waals surface area contributed by atoms with Crippen LogP contribution in [0.25, 0.3) is 0 Å². The number of likely N-dealkylation sites (tertiary alicyclic amines) is 1. The van der Waals surface area contributed by atoms with E-state index in [2.05, 4.69) is 0 Å². The highest BCUT2D eigenvalue weighted by molar-refractivity contribution is 5.82. The summed E-state index contributed by atoms with van der Waals surface area (Å²) in [6.45, 7) is 1.79. The Morgan fingerprint density at radius 3 is 2.75 bits per heavy atom. The van der Waals surface area contributed by atoms with Gasteiger partial charge in [-0.2, -0.15) is 0 Å². The highest BCUT2D eigenvalue weighted by Crippen LogP contribution is 2.15. The van der Waals surface area contributed by atoms with Gasteiger partial charge >= 0.3 is 0 Å². The van der Waals surface area contributed by atoms with Crippen LogP contribution in [0.4, 0.5) is 0 Å². The second-order valence-corrected chi connectivity index (χ2v) is 2.06. The number of carbonyl (C=O) groups is 1. The van der Waals surface area contributed by atoms with E-state index in [9.17, 15) is 4.79 Å². The first kappa shape index (κ1) is 5.56. The molecule has 1 unspecified atom stereocenters. The van der Waals surface area contributed by atoms with Gasteiger partial charge in [-0.25, -0.2) is 0 Å². The summed E-state index contributed by atoms with van der Waals surface area (Å²) in [6, 6.07) is 0.257. The van der Waals surface area contributed by atoms with Crippen molar-refractivity contribution >= 4 is 5.91 Å². The molecular formula is C5H9NO2. The molecule has 1 amide bonds. The fraction of sp³-hybridized carbons (Fsp3) is 0.800. The number of amides is 1. The maximum Gasteiger partial charge on any atom is 0.226 e. The van der Waals surface area contributed by atoms with E-state index < -0.39 is 0 Å². The molecule has 0 aromatic rings. The Balaban J connectivity index is 2.40. The third-order valence-electron chi connectivity index (χ3n) is 1.47. The van der Waals surface area contributed by atoms with Crippen molar-refractivity contribution in [2.45, 2.75) is 19.4 Å². The average molecular weight is 115 g/mol. The second kappa shape index (κ2) is 1.74. The fourth-order valence-corrected chi connectivity index (χ4v) is 0.832. The molecule has 1 atom stereocenters. The number of nitrogens with zero attached hydrogens (tertiary/aromatic N) is 1. The molecule has 0 saturated carbocycles. The normalized spacial score (nSPS) is 28.0. The molecule has 1 N–H and O–H groups in total. The Hall–Kier alpha value is -0.570. The first-order valence-corrected chi connectivity index (χ1v) is 2.66. The van der Waals surface area contributed by atoms with Crippen LogP contribution in [0.3, 0.4) is 0 Å². The second-order valence-electron chi connectivity index (χ2n) is 2.06. The molecule has 8 heavy (non-hydrogen) atoms. The monoisotopic (exact) mass is 115 g/mol. The summed E-state index contributed by atoms with van der Waals surface area (Å²) in [5.41, 5.74) is 0. The minimum atomic E-state index is -0.125. The molecule has 1 rings (SSSR count). The third kappa shape index (κ3) is 0.591. The van der Waals surface area contributed by atoms with Crippen LogP contribution in [0.5, 0.6) is 0 Å². The van der Waals surface area contributed by atoms with Crippen molar-refractivity contribution in [3.05, 3.63) is 0 Å². The van der Waals surface area contributed by atoms with E-state index in [0.29, 0.717) is 6.42 Å². The molecule has 1 fully saturated rings. The van der Waals surface area contributed by atoms with Gasteiger partial charge in [0.05, 0.1) is 0 Å². The number of rotatable bonds is 1. The van der Waals surface area contributed by atoms with Crippen molar-refractivity contribution in [1.82, 2.24) is 4.90 Å². The third-order valence-corrected chi connectivity index (χ3v) is 1.47. The number of aliphatic hydroxyl groups is 1. The zero-order valence-electron chi connectivity index (χ0n) is 4.79. The molecule has 3 heteroatoms. The minimum Gasteiger partial charge on any atom is -0.376 e. The maximum atomic E-state index is 10.4. The van der Waals surface area contributed by atoms with Crippen LogP contribution in [0.2, 0.25) is 0 Å². The van der Waals surface area contributed by atoms with Gasteiger partial charge in [-0.1, -0.05) is 0 Å². The average Bonchev–Trinajstić information content (AvgIpc) is 1.67. The molecule has 1 aliphatic heterocycles. The smallest absolute Gasteiger partial charge is 0.226 e. The van der Waals surface area contributed by atoms with E-state index in [1.807, 2.05) is 6.92 Å². The number of β-lactam (4-membered cyclic amide) rings is 1. The van der Waals surface area contributed by atoms with Crippen molar-refractivity contribution < 1.29 is 9.90 Å². The van der Waals surface area contributed by atoms with Crippen LogP contribution in [0, 0.1) is 0 Å². The summed E-state index contributed by atoms with van der Waals surface area (Å²) in [4.78, 5) is 11.9. The van der Waals surface area contributed by atoms with Gasteiger partial charge < -0.3 is 10.0 Å². The first-order chi connectivity index (χ1) is 3.75. The Labute approximate surface area is 47.9 Å². The summed E-state index contributed by atoms with van der Waals surface area (Å²) < 4.78 is 0. The largest absolute Gasteiger partial charge is 0.376 e. The van der Waals surface area contributed by atoms with Gasteiger partial charge in [-0.3, -0.25) is 4.79 Å². The lowest BCUT2D eigenvalue weighted by molar-refractivity contribution is -0.150. The summed E-state index contributed by atoms with van der Waals surface area (Å²) in [6.07, 6.45) is 0.598. The molecule has 1 heterocycles. The van der Waals surface area contributed by atoms with Crippen LogP contribution in [-0.4, -0.2) is 28.7 Å². The van der Waals surface area contributed by atoms with E-state index in [0.717, 1.165) is 0 Å². The molecule has 0 bridgehead atoms. The number of carbonyl (C=O) groups excluding carboxylic acids is 1. The van der Waals surface area contributed by atoms with E-state index in [1.54, 1.807) is 0 Å². The predicted octanol–water partition coefficient (Wildman–Crippen LogP) is -0.443. The molecule has 1 saturated heterocycles. The molecule has 0 aliphatic carbocycles. The fourth-order valence-electron chi connectivity index (χ4n) is 0.832. The Kier molecular flexibility index (Phi) is 1.21. The molecular weight excluding hydrogens is 106 g/mol. The first-order valence-electron chi connectivity index (χ1n) is 2.66. The molecule has 1 aliphatic rings. The van der Waals surface area contributed by atoms with Crippen molar-refractivity contribution in [2.75, 3.05) is 6.73 Å². The Morgan fingerprint density at radius 1 is 2.00 bits per heavy atom. The number of hydrogen-bond acceptors (Lipinski definition) is 2. The van der Waals surface area contributed by atoms with E-state index in [1.165, 1.54) is 4.90 Å². The van der Waals surface area contributed by atoms with Crippen LogP contribution in [0.15, 0.2) is 0 Å². The van der Waals surface area contributed by atoms with E-state index >= 15 is 0 Å². The van der Waals surface area contributed by atoms with Crippen molar-refractivity contribution in [3.63, 3.8) is 0 Å². The van der Waals surface area contributed by atoms with E-state index in [4.69, 9.17) is 5.11 Å². The summed E-state index contributed by atoms with van der Waals surface area (Å²) >= 11 is 0. The SMILES string of the molecule is CC1CC(=O)N1CO. The molecule has 3 nitrogen and oxygen atoms in total. The zero-order valence-corrected chi connectivity index (χ0v) is 4.79. The summed E-state index contributed by atoms with van der Waals surface area (Å²) in [5.74, 6) is 0.0556. The molecule has 0 aromatic heterocycles. The van der Waals surface area contributed by atoms with Crippen molar-refractivity contribution in [2.24, 2.45) is 0 Å². The maximum absolute atomic E-state index is 10.4. The lowest BCUT2D eigenvalue weighted by Crippen LogP contribution is -2.50. The Bertz CT molecular complexity index is 113. The predicted molar refractivity (Wildman–Crippen MR) is 28.0 cm³/mol. The highest BCUT2D eigenvalue weighted by atomic mass is 16.3. The standard InChI is InChI=1S/C5H9NO2/c1-4-2-5(8)6(4)3-7/h4,7H,2-3H2,1H3. The van der Waals surface area contributed by atoms with Gasteiger partial charge in [0, 0.05) is 12.5 Å². The quantitative estimate of drug-likeness (QED) is 0.470. The Morgan fingerprint density at radius 2 is 2.62 bits per heavy atom.